The first-order valence-corrected chi connectivity index (χ1v) is 9.47. The van der Waals surface area contributed by atoms with Gasteiger partial charge in [-0.05, 0) is 54.4 Å². The maximum atomic E-state index is 12.9. The highest BCUT2D eigenvalue weighted by Crippen LogP contribution is 2.31. The Balaban J connectivity index is 1.63. The minimum atomic E-state index is -4.38. The molecule has 0 spiro atoms. The fourth-order valence-electron chi connectivity index (χ4n) is 2.95. The Kier molecular flexibility index (Phi) is 6.95. The van der Waals surface area contributed by atoms with Crippen LogP contribution in [0.25, 0.3) is 0 Å². The Labute approximate surface area is 173 Å². The monoisotopic (exact) mass is 416 g/mol. The zero-order chi connectivity index (χ0) is 21.6. The summed E-state index contributed by atoms with van der Waals surface area (Å²) in [7, 11) is 1.53. The van der Waals surface area contributed by atoms with Crippen LogP contribution in [0.1, 0.15) is 35.3 Å². The van der Waals surface area contributed by atoms with Gasteiger partial charge in [-0.25, -0.2) is 0 Å². The van der Waals surface area contributed by atoms with Crippen LogP contribution < -0.4 is 14.8 Å². The third-order valence-corrected chi connectivity index (χ3v) is 4.62. The first kappa shape index (κ1) is 21.6. The standard InChI is InChI=1S/C23H23F3N2O2/c1-16(20-8-3-4-11-27-20)28-14-17-9-10-21(22(13-17)29-2)30-15-18-6-5-7-19(12-18)23(24,25)26/h3-13,16,28H,14-15H2,1-2H3/t16-/m1/s1. The van der Waals surface area contributed by atoms with Gasteiger partial charge in [-0.1, -0.05) is 24.3 Å². The van der Waals surface area contributed by atoms with Crippen LogP contribution in [0.4, 0.5) is 13.2 Å². The van der Waals surface area contributed by atoms with Crippen LogP contribution in [0.2, 0.25) is 0 Å². The third-order valence-electron chi connectivity index (χ3n) is 4.62. The van der Waals surface area contributed by atoms with E-state index in [1.807, 2.05) is 37.3 Å². The van der Waals surface area contributed by atoms with Crippen molar-refractivity contribution >= 4 is 0 Å². The molecule has 7 heteroatoms. The molecule has 0 aliphatic rings. The number of alkyl halides is 3. The molecule has 0 saturated carbocycles. The van der Waals surface area contributed by atoms with E-state index in [1.165, 1.54) is 13.2 Å². The summed E-state index contributed by atoms with van der Waals surface area (Å²) in [6, 6.07) is 16.4. The lowest BCUT2D eigenvalue weighted by molar-refractivity contribution is -0.137. The zero-order valence-electron chi connectivity index (χ0n) is 16.7. The summed E-state index contributed by atoms with van der Waals surface area (Å²) in [5.74, 6) is 0.989. The second kappa shape index (κ2) is 9.63. The largest absolute Gasteiger partial charge is 0.493 e. The summed E-state index contributed by atoms with van der Waals surface area (Å²) >= 11 is 0. The number of aromatic nitrogens is 1. The molecule has 0 amide bonds. The van der Waals surface area contributed by atoms with Gasteiger partial charge in [-0.15, -0.1) is 0 Å². The molecule has 0 unspecified atom stereocenters. The molecule has 1 aromatic heterocycles. The molecule has 0 aliphatic carbocycles. The first-order valence-electron chi connectivity index (χ1n) is 9.47. The molecule has 0 fully saturated rings. The number of hydrogen-bond acceptors (Lipinski definition) is 4. The normalized spacial score (nSPS) is 12.4. The van der Waals surface area contributed by atoms with Gasteiger partial charge < -0.3 is 14.8 Å². The van der Waals surface area contributed by atoms with Crippen molar-refractivity contribution in [1.29, 1.82) is 0 Å². The van der Waals surface area contributed by atoms with E-state index in [2.05, 4.69) is 10.3 Å². The average Bonchev–Trinajstić information content (AvgIpc) is 2.76. The average molecular weight is 416 g/mol. The molecule has 1 N–H and O–H groups in total. The Morgan fingerprint density at radius 1 is 0.967 bits per heavy atom. The van der Waals surface area contributed by atoms with Crippen LogP contribution >= 0.6 is 0 Å². The maximum absolute atomic E-state index is 12.9. The van der Waals surface area contributed by atoms with Crippen molar-refractivity contribution in [3.63, 3.8) is 0 Å². The van der Waals surface area contributed by atoms with Crippen LogP contribution in [-0.4, -0.2) is 12.1 Å². The van der Waals surface area contributed by atoms with Gasteiger partial charge in [0.05, 0.1) is 18.4 Å². The lowest BCUT2D eigenvalue weighted by Gasteiger charge is -2.15. The number of nitrogens with one attached hydrogen (secondary N) is 1. The number of benzene rings is 2. The summed E-state index contributed by atoms with van der Waals surface area (Å²) in [6.45, 7) is 2.64. The van der Waals surface area contributed by atoms with Gasteiger partial charge in [0.15, 0.2) is 11.5 Å². The van der Waals surface area contributed by atoms with Crippen LogP contribution in [-0.2, 0) is 19.3 Å². The number of halogens is 3. The topological polar surface area (TPSA) is 43.4 Å². The number of nitrogens with zero attached hydrogens (tertiary/aromatic N) is 1. The van der Waals surface area contributed by atoms with Gasteiger partial charge >= 0.3 is 6.18 Å². The minimum absolute atomic E-state index is 0.00852. The van der Waals surface area contributed by atoms with E-state index in [0.717, 1.165) is 23.4 Å². The Morgan fingerprint density at radius 2 is 1.80 bits per heavy atom. The molecule has 0 radical (unpaired) electrons. The first-order chi connectivity index (χ1) is 14.4. The van der Waals surface area contributed by atoms with Crippen LogP contribution in [0, 0.1) is 0 Å². The fourth-order valence-corrected chi connectivity index (χ4v) is 2.95. The Bertz CT molecular complexity index is 962. The predicted molar refractivity (Wildman–Crippen MR) is 108 cm³/mol. The van der Waals surface area contributed by atoms with E-state index in [0.29, 0.717) is 23.6 Å². The minimum Gasteiger partial charge on any atom is -0.493 e. The molecule has 0 aliphatic heterocycles. The summed E-state index contributed by atoms with van der Waals surface area (Å²) in [5, 5.41) is 3.40. The van der Waals surface area contributed by atoms with Gasteiger partial charge in [0.2, 0.25) is 0 Å². The number of ether oxygens (including phenoxy) is 2. The Hall–Kier alpha value is -3.06. The molecule has 2 aromatic carbocycles. The highest BCUT2D eigenvalue weighted by molar-refractivity contribution is 5.43. The summed E-state index contributed by atoms with van der Waals surface area (Å²) in [5.41, 5.74) is 1.67. The van der Waals surface area contributed by atoms with Crippen molar-refractivity contribution in [2.75, 3.05) is 7.11 Å². The highest BCUT2D eigenvalue weighted by Gasteiger charge is 2.30. The molecular formula is C23H23F3N2O2. The number of pyridine rings is 1. The lowest BCUT2D eigenvalue weighted by atomic mass is 10.1. The van der Waals surface area contributed by atoms with E-state index >= 15 is 0 Å². The third kappa shape index (κ3) is 5.73. The van der Waals surface area contributed by atoms with Crippen LogP contribution in [0.5, 0.6) is 11.5 Å². The SMILES string of the molecule is COc1cc(CN[C@H](C)c2ccccn2)ccc1OCc1cccc(C(F)(F)F)c1. The van der Waals surface area contributed by atoms with Crippen LogP contribution in [0.15, 0.2) is 66.9 Å². The van der Waals surface area contributed by atoms with E-state index < -0.39 is 11.7 Å². The van der Waals surface area contributed by atoms with E-state index in [1.54, 1.807) is 18.3 Å². The van der Waals surface area contributed by atoms with Gasteiger partial charge in [0.1, 0.15) is 6.61 Å². The molecular weight excluding hydrogens is 393 g/mol. The predicted octanol–water partition coefficient (Wildman–Crippen LogP) is 5.54. The highest BCUT2D eigenvalue weighted by atomic mass is 19.4. The van der Waals surface area contributed by atoms with Crippen LogP contribution in [0.3, 0.4) is 0 Å². The molecule has 3 aromatic rings. The molecule has 0 saturated heterocycles. The zero-order valence-corrected chi connectivity index (χ0v) is 16.7. The number of rotatable bonds is 8. The van der Waals surface area contributed by atoms with E-state index in [4.69, 9.17) is 9.47 Å². The summed E-state index contributed by atoms with van der Waals surface area (Å²) in [4.78, 5) is 4.34. The Morgan fingerprint density at radius 3 is 2.50 bits per heavy atom. The molecule has 3 rings (SSSR count). The molecule has 0 bridgehead atoms. The molecule has 30 heavy (non-hydrogen) atoms. The molecule has 1 heterocycles. The maximum Gasteiger partial charge on any atom is 0.416 e. The molecule has 158 valence electrons. The summed E-state index contributed by atoms with van der Waals surface area (Å²) < 4.78 is 49.7. The van der Waals surface area contributed by atoms with Gasteiger partial charge in [0.25, 0.3) is 0 Å². The van der Waals surface area contributed by atoms with Crippen molar-refractivity contribution < 1.29 is 22.6 Å². The quantitative estimate of drug-likeness (QED) is 0.524. The van der Waals surface area contributed by atoms with Crippen molar-refractivity contribution in [3.8, 4) is 11.5 Å². The smallest absolute Gasteiger partial charge is 0.416 e. The fraction of sp³-hybridized carbons (Fsp3) is 0.261. The van der Waals surface area contributed by atoms with Crippen molar-refractivity contribution in [2.45, 2.75) is 32.3 Å². The van der Waals surface area contributed by atoms with Gasteiger partial charge in [-0.2, -0.15) is 13.2 Å². The van der Waals surface area contributed by atoms with Crippen molar-refractivity contribution in [2.24, 2.45) is 0 Å². The van der Waals surface area contributed by atoms with Gasteiger partial charge in [0, 0.05) is 18.8 Å². The second-order valence-electron chi connectivity index (χ2n) is 6.83. The molecule has 1 atom stereocenters. The summed E-state index contributed by atoms with van der Waals surface area (Å²) in [6.07, 6.45) is -2.62. The number of hydrogen-bond donors (Lipinski definition) is 1. The van der Waals surface area contributed by atoms with Crippen molar-refractivity contribution in [3.05, 3.63) is 89.2 Å². The van der Waals surface area contributed by atoms with E-state index in [9.17, 15) is 13.2 Å². The lowest BCUT2D eigenvalue weighted by Crippen LogP contribution is -2.19. The second-order valence-corrected chi connectivity index (χ2v) is 6.83. The number of methoxy groups -OCH3 is 1. The van der Waals surface area contributed by atoms with Gasteiger partial charge in [-0.3, -0.25) is 4.98 Å². The van der Waals surface area contributed by atoms with Crippen molar-refractivity contribution in [1.82, 2.24) is 10.3 Å². The molecule has 4 nitrogen and oxygen atoms in total. The van der Waals surface area contributed by atoms with E-state index in [-0.39, 0.29) is 12.6 Å².